The number of ether oxygens (including phenoxy) is 1. The van der Waals surface area contributed by atoms with Gasteiger partial charge < -0.3 is 15.0 Å². The van der Waals surface area contributed by atoms with Crippen molar-refractivity contribution < 1.29 is 27.1 Å². The van der Waals surface area contributed by atoms with Gasteiger partial charge in [0.2, 0.25) is 5.91 Å². The molecule has 1 aliphatic heterocycles. The molecule has 13 heteroatoms. The number of nitrogens with zero attached hydrogens (tertiary/aromatic N) is 3. The molecule has 4 rings (SSSR count). The summed E-state index contributed by atoms with van der Waals surface area (Å²) in [6.45, 7) is 2.70. The largest absolute Gasteiger partial charge is 0.379 e. The second-order valence-corrected chi connectivity index (χ2v) is 8.07. The van der Waals surface area contributed by atoms with Crippen LogP contribution in [-0.4, -0.2) is 58.2 Å². The lowest BCUT2D eigenvalue weighted by atomic mass is 10.1. The number of nitrogens with one attached hydrogen (secondary N) is 2. The van der Waals surface area contributed by atoms with Crippen LogP contribution < -0.4 is 16.6 Å². The second kappa shape index (κ2) is 9.96. The van der Waals surface area contributed by atoms with Gasteiger partial charge in [-0.3, -0.25) is 19.5 Å². The van der Waals surface area contributed by atoms with Crippen molar-refractivity contribution in [3.8, 4) is 0 Å². The number of benzene rings is 1. The third kappa shape index (κ3) is 4.95. The van der Waals surface area contributed by atoms with E-state index in [-0.39, 0.29) is 17.8 Å². The number of rotatable bonds is 6. The Hall–Kier alpha value is -3.58. The smallest absolute Gasteiger partial charge is 0.329 e. The lowest BCUT2D eigenvalue weighted by Crippen LogP contribution is -2.51. The third-order valence-corrected chi connectivity index (χ3v) is 5.74. The normalized spacial score (nSPS) is 16.3. The Labute approximate surface area is 195 Å². The predicted molar refractivity (Wildman–Crippen MR) is 116 cm³/mol. The Balaban J connectivity index is 1.76. The van der Waals surface area contributed by atoms with Gasteiger partial charge in [0.15, 0.2) is 11.6 Å². The quantitative estimate of drug-likeness (QED) is 0.501. The van der Waals surface area contributed by atoms with Crippen molar-refractivity contribution in [1.82, 2.24) is 24.8 Å². The number of carbonyl (C=O) groups is 1. The SMILES string of the molecule is C[C@@H](NC(=O)C(CN1CCOCC1)n1c(=O)[nH]c2ccc(F)c(F)c2c1=O)c1ncc(F)cc1F. The first-order chi connectivity index (χ1) is 16.7. The first-order valence-corrected chi connectivity index (χ1v) is 10.7. The number of carbonyl (C=O) groups excluding carboxylic acids is 1. The fourth-order valence-corrected chi connectivity index (χ4v) is 3.97. The minimum absolute atomic E-state index is 0.146. The molecule has 186 valence electrons. The zero-order valence-electron chi connectivity index (χ0n) is 18.5. The molecule has 35 heavy (non-hydrogen) atoms. The van der Waals surface area contributed by atoms with Gasteiger partial charge in [-0.25, -0.2) is 26.9 Å². The first kappa shape index (κ1) is 24.5. The maximum absolute atomic E-state index is 14.5. The van der Waals surface area contributed by atoms with E-state index in [0.29, 0.717) is 36.9 Å². The fraction of sp³-hybridized carbons (Fsp3) is 0.364. The number of halogens is 4. The molecule has 1 saturated heterocycles. The maximum atomic E-state index is 14.5. The van der Waals surface area contributed by atoms with Gasteiger partial charge in [-0.15, -0.1) is 0 Å². The highest BCUT2D eigenvalue weighted by Gasteiger charge is 2.30. The van der Waals surface area contributed by atoms with E-state index in [1.807, 2.05) is 0 Å². The molecular formula is C22H21F4N5O4. The zero-order chi connectivity index (χ0) is 25.3. The van der Waals surface area contributed by atoms with Crippen molar-refractivity contribution in [3.63, 3.8) is 0 Å². The molecule has 3 aromatic rings. The summed E-state index contributed by atoms with van der Waals surface area (Å²) in [4.78, 5) is 47.0. The molecule has 3 heterocycles. The Morgan fingerprint density at radius 1 is 1.17 bits per heavy atom. The predicted octanol–water partition coefficient (Wildman–Crippen LogP) is 1.39. The molecule has 9 nitrogen and oxygen atoms in total. The molecule has 1 fully saturated rings. The highest BCUT2D eigenvalue weighted by molar-refractivity contribution is 5.82. The summed E-state index contributed by atoms with van der Waals surface area (Å²) in [5.74, 6) is -5.54. The first-order valence-electron chi connectivity index (χ1n) is 10.7. The molecule has 0 radical (unpaired) electrons. The molecule has 0 bridgehead atoms. The van der Waals surface area contributed by atoms with Crippen molar-refractivity contribution in [3.05, 3.63) is 74.2 Å². The maximum Gasteiger partial charge on any atom is 0.329 e. The van der Waals surface area contributed by atoms with Gasteiger partial charge in [-0.05, 0) is 19.1 Å². The van der Waals surface area contributed by atoms with Crippen molar-refractivity contribution in [1.29, 1.82) is 0 Å². The Morgan fingerprint density at radius 3 is 2.57 bits per heavy atom. The molecule has 0 saturated carbocycles. The van der Waals surface area contributed by atoms with E-state index in [2.05, 4.69) is 15.3 Å². The molecule has 2 N–H and O–H groups in total. The molecule has 0 spiro atoms. The standard InChI is InChI=1S/C22H21F4N5O4/c1-11(19-14(25)8-12(23)9-27-19)28-20(32)16(10-30-4-6-35-7-5-30)31-21(33)17-15(29-22(31)34)3-2-13(24)18(17)26/h2-3,8-9,11,16H,4-7,10H2,1H3,(H,28,32)(H,29,34)/t11-,16?/m1/s1. The highest BCUT2D eigenvalue weighted by atomic mass is 19.2. The van der Waals surface area contributed by atoms with Crippen molar-refractivity contribution in [2.75, 3.05) is 32.8 Å². The number of fused-ring (bicyclic) bond motifs is 1. The number of aromatic nitrogens is 3. The van der Waals surface area contributed by atoms with Crippen LogP contribution in [-0.2, 0) is 9.53 Å². The number of hydrogen-bond acceptors (Lipinski definition) is 6. The summed E-state index contributed by atoms with van der Waals surface area (Å²) in [5, 5.41) is 1.75. The monoisotopic (exact) mass is 495 g/mol. The van der Waals surface area contributed by atoms with Crippen LogP contribution in [0.25, 0.3) is 10.9 Å². The number of amides is 1. The number of pyridine rings is 1. The minimum atomic E-state index is -1.50. The van der Waals surface area contributed by atoms with Crippen LogP contribution in [0.4, 0.5) is 17.6 Å². The van der Waals surface area contributed by atoms with E-state index < -0.39 is 57.9 Å². The molecule has 2 atom stereocenters. The van der Waals surface area contributed by atoms with Crippen LogP contribution >= 0.6 is 0 Å². The van der Waals surface area contributed by atoms with Gasteiger partial charge in [0.05, 0.1) is 36.7 Å². The van der Waals surface area contributed by atoms with Crippen LogP contribution in [0.2, 0.25) is 0 Å². The van der Waals surface area contributed by atoms with Gasteiger partial charge in [-0.2, -0.15) is 0 Å². The summed E-state index contributed by atoms with van der Waals surface area (Å²) < 4.78 is 61.5. The van der Waals surface area contributed by atoms with Gasteiger partial charge in [0.1, 0.15) is 23.1 Å². The average molecular weight is 495 g/mol. The summed E-state index contributed by atoms with van der Waals surface area (Å²) in [6.07, 6.45) is 0.780. The van der Waals surface area contributed by atoms with Crippen LogP contribution in [0.3, 0.4) is 0 Å². The third-order valence-electron chi connectivity index (χ3n) is 5.74. The van der Waals surface area contributed by atoms with E-state index in [1.165, 1.54) is 6.92 Å². The number of morpholine rings is 1. The minimum Gasteiger partial charge on any atom is -0.379 e. The molecule has 1 unspecified atom stereocenters. The highest BCUT2D eigenvalue weighted by Crippen LogP contribution is 2.18. The van der Waals surface area contributed by atoms with Gasteiger partial charge in [0.25, 0.3) is 5.56 Å². The van der Waals surface area contributed by atoms with Crippen LogP contribution in [0.5, 0.6) is 0 Å². The van der Waals surface area contributed by atoms with E-state index in [4.69, 9.17) is 4.74 Å². The van der Waals surface area contributed by atoms with Crippen LogP contribution in [0.1, 0.15) is 24.7 Å². The van der Waals surface area contributed by atoms with E-state index >= 15 is 0 Å². The molecule has 1 aliphatic rings. The Bertz CT molecular complexity index is 1390. The Kier molecular flexibility index (Phi) is 6.98. The summed E-state index contributed by atoms with van der Waals surface area (Å²) in [7, 11) is 0. The van der Waals surface area contributed by atoms with Gasteiger partial charge >= 0.3 is 5.69 Å². The summed E-state index contributed by atoms with van der Waals surface area (Å²) in [5.41, 5.74) is -2.71. The lowest BCUT2D eigenvalue weighted by Gasteiger charge is -2.31. The molecular weight excluding hydrogens is 474 g/mol. The van der Waals surface area contributed by atoms with Crippen molar-refractivity contribution >= 4 is 16.8 Å². The van der Waals surface area contributed by atoms with Gasteiger partial charge in [-0.1, -0.05) is 0 Å². The summed E-state index contributed by atoms with van der Waals surface area (Å²) >= 11 is 0. The van der Waals surface area contributed by atoms with Crippen LogP contribution in [0, 0.1) is 23.3 Å². The number of aromatic amines is 1. The topological polar surface area (TPSA) is 109 Å². The van der Waals surface area contributed by atoms with Crippen molar-refractivity contribution in [2.24, 2.45) is 0 Å². The molecule has 1 aromatic carbocycles. The lowest BCUT2D eigenvalue weighted by molar-refractivity contribution is -0.126. The molecule has 2 aromatic heterocycles. The van der Waals surface area contributed by atoms with Gasteiger partial charge in [0, 0.05) is 25.7 Å². The van der Waals surface area contributed by atoms with Crippen LogP contribution in [0.15, 0.2) is 34.0 Å². The van der Waals surface area contributed by atoms with E-state index in [1.54, 1.807) is 4.90 Å². The van der Waals surface area contributed by atoms with E-state index in [0.717, 1.165) is 18.3 Å². The summed E-state index contributed by atoms with van der Waals surface area (Å²) in [6, 6.07) is -0.155. The van der Waals surface area contributed by atoms with Crippen molar-refractivity contribution in [2.45, 2.75) is 19.0 Å². The Morgan fingerprint density at radius 2 is 1.89 bits per heavy atom. The fourth-order valence-electron chi connectivity index (χ4n) is 3.97. The molecule has 1 amide bonds. The second-order valence-electron chi connectivity index (χ2n) is 8.07. The molecule has 0 aliphatic carbocycles. The average Bonchev–Trinajstić information content (AvgIpc) is 2.81. The van der Waals surface area contributed by atoms with E-state index in [9.17, 15) is 31.9 Å². The number of H-pyrrole nitrogens is 1. The number of hydrogen-bond donors (Lipinski definition) is 2. The zero-order valence-corrected chi connectivity index (χ0v) is 18.5.